The molecule has 3 unspecified atom stereocenters. The lowest BCUT2D eigenvalue weighted by atomic mass is 9.95. The molecule has 6 rings (SSSR count). The Morgan fingerprint density at radius 1 is 1.14 bits per heavy atom. The van der Waals surface area contributed by atoms with E-state index in [2.05, 4.69) is 16.0 Å². The van der Waals surface area contributed by atoms with Crippen molar-refractivity contribution in [1.29, 1.82) is 0 Å². The second-order valence-electron chi connectivity index (χ2n) is 9.42. The van der Waals surface area contributed by atoms with Gasteiger partial charge < -0.3 is 25.1 Å². The third kappa shape index (κ3) is 4.56. The van der Waals surface area contributed by atoms with Gasteiger partial charge >= 0.3 is 0 Å². The summed E-state index contributed by atoms with van der Waals surface area (Å²) in [5, 5.41) is 11.2. The average Bonchev–Trinajstić information content (AvgIpc) is 3.33. The van der Waals surface area contributed by atoms with Crippen LogP contribution in [0.25, 0.3) is 21.5 Å². The van der Waals surface area contributed by atoms with Gasteiger partial charge in [-0.05, 0) is 67.6 Å². The van der Waals surface area contributed by atoms with Crippen molar-refractivity contribution in [2.45, 2.75) is 50.2 Å². The van der Waals surface area contributed by atoms with Gasteiger partial charge in [-0.15, -0.1) is 11.3 Å². The molecule has 8 nitrogen and oxygen atoms in total. The number of aromatic nitrogens is 3. The van der Waals surface area contributed by atoms with Crippen LogP contribution < -0.4 is 19.9 Å². The zero-order valence-electron chi connectivity index (χ0n) is 20.0. The number of fused-ring (bicyclic) bond motifs is 2. The maximum Gasteiger partial charge on any atom is 0.220 e. The van der Waals surface area contributed by atoms with Gasteiger partial charge in [-0.1, -0.05) is 0 Å². The number of nitrogens with zero attached hydrogens (tertiary/aromatic N) is 3. The van der Waals surface area contributed by atoms with Crippen LogP contribution in [-0.4, -0.2) is 46.0 Å². The van der Waals surface area contributed by atoms with Crippen LogP contribution in [0, 0.1) is 0 Å². The van der Waals surface area contributed by atoms with Crippen LogP contribution >= 0.6 is 11.3 Å². The van der Waals surface area contributed by atoms with E-state index in [0.29, 0.717) is 18.8 Å². The van der Waals surface area contributed by atoms with Crippen molar-refractivity contribution in [1.82, 2.24) is 15.0 Å². The molecule has 0 radical (unpaired) electrons. The van der Waals surface area contributed by atoms with Crippen LogP contribution in [-0.2, 0) is 6.42 Å². The van der Waals surface area contributed by atoms with Gasteiger partial charge in [0.1, 0.15) is 33.9 Å². The molecule has 0 bridgehead atoms. The third-order valence-corrected chi connectivity index (χ3v) is 8.03. The second kappa shape index (κ2) is 9.55. The molecular weight excluding hydrogens is 476 g/mol. The van der Waals surface area contributed by atoms with Gasteiger partial charge in [0.2, 0.25) is 5.95 Å². The van der Waals surface area contributed by atoms with Gasteiger partial charge in [0.15, 0.2) is 0 Å². The number of benzene rings is 2. The number of thiazole rings is 1. The molecule has 0 spiro atoms. The molecule has 3 atom stereocenters. The molecule has 186 valence electrons. The number of methoxy groups -OCH3 is 1. The maximum atomic E-state index is 10.2. The topological polar surface area (TPSA) is 113 Å². The van der Waals surface area contributed by atoms with E-state index >= 15 is 0 Å². The lowest BCUT2D eigenvalue weighted by Gasteiger charge is -2.27. The van der Waals surface area contributed by atoms with Gasteiger partial charge in [0.05, 0.1) is 30.2 Å². The number of anilines is 1. The molecule has 1 aliphatic carbocycles. The van der Waals surface area contributed by atoms with Crippen molar-refractivity contribution < 1.29 is 19.3 Å². The summed E-state index contributed by atoms with van der Waals surface area (Å²) in [5.74, 6) is 2.78. The van der Waals surface area contributed by atoms with Crippen LogP contribution in [0.1, 0.15) is 42.2 Å². The van der Waals surface area contributed by atoms with Gasteiger partial charge in [0.25, 0.3) is 0 Å². The van der Waals surface area contributed by atoms with Crippen molar-refractivity contribution in [3.63, 3.8) is 0 Å². The van der Waals surface area contributed by atoms with Gasteiger partial charge in [0, 0.05) is 24.1 Å². The number of nitrogens with two attached hydrogens (primary N) is 1. The van der Waals surface area contributed by atoms with Crippen molar-refractivity contribution in [3.05, 3.63) is 53.2 Å². The van der Waals surface area contributed by atoms with E-state index in [1.165, 1.54) is 0 Å². The number of rotatable bonds is 5. The van der Waals surface area contributed by atoms with Crippen LogP contribution in [0.3, 0.4) is 0 Å². The van der Waals surface area contributed by atoms with E-state index in [0.717, 1.165) is 69.2 Å². The van der Waals surface area contributed by atoms with Gasteiger partial charge in [-0.3, -0.25) is 0 Å². The summed E-state index contributed by atoms with van der Waals surface area (Å²) in [6.45, 7) is 0.569. The Bertz CT molecular complexity index is 1410. The largest absolute Gasteiger partial charge is 0.497 e. The van der Waals surface area contributed by atoms with Gasteiger partial charge in [-0.2, -0.15) is 0 Å². The SMILES string of the molecule is COc1ccc2c(c1)CC(c1nc3c(OC4CCCC(O)C4)cc(-c4ccnc(N)n4)cc3s1)CO2. The number of aliphatic hydroxyl groups excluding tert-OH is 1. The quantitative estimate of drug-likeness (QED) is 0.401. The lowest BCUT2D eigenvalue weighted by Crippen LogP contribution is -2.28. The Morgan fingerprint density at radius 3 is 2.89 bits per heavy atom. The highest BCUT2D eigenvalue weighted by Gasteiger charge is 2.27. The van der Waals surface area contributed by atoms with E-state index in [1.54, 1.807) is 24.6 Å². The molecule has 4 aromatic rings. The summed E-state index contributed by atoms with van der Waals surface area (Å²) >= 11 is 1.65. The first-order valence-corrected chi connectivity index (χ1v) is 13.0. The molecule has 2 aromatic heterocycles. The fraction of sp³-hybridized carbons (Fsp3) is 0.370. The van der Waals surface area contributed by atoms with Crippen molar-refractivity contribution >= 4 is 27.5 Å². The summed E-state index contributed by atoms with van der Waals surface area (Å²) in [5.41, 5.74) is 9.44. The molecule has 36 heavy (non-hydrogen) atoms. The highest BCUT2D eigenvalue weighted by Crippen LogP contribution is 2.41. The maximum absolute atomic E-state index is 10.2. The van der Waals surface area contributed by atoms with E-state index in [1.807, 2.05) is 30.3 Å². The Balaban J connectivity index is 1.38. The van der Waals surface area contributed by atoms with Crippen LogP contribution in [0.5, 0.6) is 17.2 Å². The highest BCUT2D eigenvalue weighted by molar-refractivity contribution is 7.18. The number of nitrogen functional groups attached to an aromatic ring is 1. The average molecular weight is 505 g/mol. The lowest BCUT2D eigenvalue weighted by molar-refractivity contribution is 0.0543. The number of hydrogen-bond acceptors (Lipinski definition) is 9. The molecule has 2 aromatic carbocycles. The minimum Gasteiger partial charge on any atom is -0.497 e. The highest BCUT2D eigenvalue weighted by atomic mass is 32.1. The minimum absolute atomic E-state index is 0.0508. The van der Waals surface area contributed by atoms with Crippen molar-refractivity contribution in [2.24, 2.45) is 0 Å². The predicted octanol–water partition coefficient (Wildman–Crippen LogP) is 4.75. The molecule has 1 saturated carbocycles. The third-order valence-electron chi connectivity index (χ3n) is 6.86. The number of hydrogen-bond donors (Lipinski definition) is 2. The number of aliphatic hydroxyl groups is 1. The molecule has 3 N–H and O–H groups in total. The predicted molar refractivity (Wildman–Crippen MR) is 139 cm³/mol. The Morgan fingerprint density at radius 2 is 2.06 bits per heavy atom. The zero-order valence-corrected chi connectivity index (χ0v) is 20.8. The molecule has 3 heterocycles. The molecule has 1 fully saturated rings. The smallest absolute Gasteiger partial charge is 0.220 e. The standard InChI is InChI=1S/C27H28N4O4S/c1-33-19-5-6-22-16(10-19)9-17(14-34-22)26-31-25-23(35-20-4-2-3-18(32)13-20)11-15(12-24(25)36-26)21-7-8-29-27(28)30-21/h5-8,10-12,17-18,20,32H,2-4,9,13-14H2,1H3,(H2,28,29,30). The first kappa shape index (κ1) is 23.0. The van der Waals surface area contributed by atoms with Crippen molar-refractivity contribution in [3.8, 4) is 28.5 Å². The monoisotopic (exact) mass is 504 g/mol. The van der Waals surface area contributed by atoms with Crippen LogP contribution in [0.2, 0.25) is 0 Å². The second-order valence-corrected chi connectivity index (χ2v) is 10.5. The van der Waals surface area contributed by atoms with Gasteiger partial charge in [-0.25, -0.2) is 15.0 Å². The summed E-state index contributed by atoms with van der Waals surface area (Å²) in [6.07, 6.45) is 5.41. The molecule has 2 aliphatic rings. The fourth-order valence-corrected chi connectivity index (χ4v) is 6.14. The Hall–Kier alpha value is -3.43. The first-order valence-electron chi connectivity index (χ1n) is 12.2. The Kier molecular flexibility index (Phi) is 6.10. The molecule has 0 amide bonds. The van der Waals surface area contributed by atoms with Crippen LogP contribution in [0.15, 0.2) is 42.6 Å². The van der Waals surface area contributed by atoms with E-state index < -0.39 is 0 Å². The van der Waals surface area contributed by atoms with Crippen LogP contribution in [0.4, 0.5) is 5.95 Å². The fourth-order valence-electron chi connectivity index (χ4n) is 5.03. The summed E-state index contributed by atoms with van der Waals surface area (Å²) in [7, 11) is 1.67. The molecule has 0 saturated heterocycles. The molecular formula is C27H28N4O4S. The summed E-state index contributed by atoms with van der Waals surface area (Å²) in [4.78, 5) is 13.5. The van der Waals surface area contributed by atoms with Crippen molar-refractivity contribution in [2.75, 3.05) is 19.5 Å². The molecule has 9 heteroatoms. The number of ether oxygens (including phenoxy) is 3. The summed E-state index contributed by atoms with van der Waals surface area (Å²) < 4.78 is 19.0. The minimum atomic E-state index is -0.327. The molecule has 1 aliphatic heterocycles. The summed E-state index contributed by atoms with van der Waals surface area (Å²) in [6, 6.07) is 11.8. The normalized spacial score (nSPS) is 21.6. The van der Waals surface area contributed by atoms with E-state index in [9.17, 15) is 5.11 Å². The van der Waals surface area contributed by atoms with E-state index in [-0.39, 0.29) is 24.1 Å². The van der Waals surface area contributed by atoms with E-state index in [4.69, 9.17) is 24.9 Å². The zero-order chi connectivity index (χ0) is 24.6. The first-order chi connectivity index (χ1) is 17.6. The Labute approximate surface area is 213 Å².